The molecule has 8 nitrogen and oxygen atoms in total. The molecule has 0 aromatic heterocycles. The van der Waals surface area contributed by atoms with E-state index in [1.54, 1.807) is 60.7 Å². The second kappa shape index (κ2) is 14.4. The fourth-order valence-electron chi connectivity index (χ4n) is 4.28. The van der Waals surface area contributed by atoms with Crippen LogP contribution < -0.4 is 14.4 Å². The first-order valence-electron chi connectivity index (χ1n) is 13.5. The van der Waals surface area contributed by atoms with Crippen molar-refractivity contribution in [3.05, 3.63) is 88.9 Å². The molecule has 0 saturated heterocycles. The summed E-state index contributed by atoms with van der Waals surface area (Å²) in [5.41, 5.74) is 1.80. The maximum Gasteiger partial charge on any atom is 0.264 e. The van der Waals surface area contributed by atoms with E-state index in [0.717, 1.165) is 9.87 Å². The molecule has 3 rings (SSSR count). The number of sulfonamides is 1. The van der Waals surface area contributed by atoms with E-state index >= 15 is 0 Å². The van der Waals surface area contributed by atoms with Crippen molar-refractivity contribution in [3.8, 4) is 5.75 Å². The molecule has 0 radical (unpaired) electrons. The van der Waals surface area contributed by atoms with Gasteiger partial charge in [0.05, 0.1) is 17.7 Å². The van der Waals surface area contributed by atoms with Crippen molar-refractivity contribution in [1.29, 1.82) is 0 Å². The summed E-state index contributed by atoms with van der Waals surface area (Å²) in [6.45, 7) is 7.58. The molecule has 220 valence electrons. The summed E-state index contributed by atoms with van der Waals surface area (Å²) in [5.74, 6) is -0.204. The Kier molecular flexibility index (Phi) is 11.2. The number of amides is 2. The number of carbonyl (C=O) groups excluding carboxylic acids is 2. The highest BCUT2D eigenvalue weighted by atomic mass is 35.5. The molecular formula is C31H38ClN3O5S. The zero-order valence-electron chi connectivity index (χ0n) is 24.1. The van der Waals surface area contributed by atoms with Crippen molar-refractivity contribution in [1.82, 2.24) is 10.2 Å². The van der Waals surface area contributed by atoms with Gasteiger partial charge in [-0.2, -0.15) is 0 Å². The Balaban J connectivity index is 2.08. The van der Waals surface area contributed by atoms with Crippen LogP contribution in [-0.2, 0) is 26.2 Å². The summed E-state index contributed by atoms with van der Waals surface area (Å²) in [6, 6.07) is 19.2. The Labute approximate surface area is 248 Å². The Morgan fingerprint density at radius 2 is 1.68 bits per heavy atom. The van der Waals surface area contributed by atoms with Crippen LogP contribution in [-0.4, -0.2) is 51.4 Å². The van der Waals surface area contributed by atoms with E-state index in [0.29, 0.717) is 29.3 Å². The van der Waals surface area contributed by atoms with Crippen LogP contribution >= 0.6 is 11.6 Å². The van der Waals surface area contributed by atoms with Crippen LogP contribution in [0.3, 0.4) is 0 Å². The van der Waals surface area contributed by atoms with Crippen LogP contribution in [0.2, 0.25) is 5.02 Å². The van der Waals surface area contributed by atoms with Gasteiger partial charge in [-0.1, -0.05) is 74.3 Å². The zero-order chi connectivity index (χ0) is 30.2. The molecule has 0 bridgehead atoms. The van der Waals surface area contributed by atoms with Gasteiger partial charge in [-0.05, 0) is 55.2 Å². The molecule has 2 amide bonds. The van der Waals surface area contributed by atoms with Gasteiger partial charge in [0.15, 0.2) is 0 Å². The number of methoxy groups -OCH3 is 1. The fraction of sp³-hybridized carbons (Fsp3) is 0.355. The molecule has 1 atom stereocenters. The third-order valence-corrected chi connectivity index (χ3v) is 8.75. The molecule has 10 heteroatoms. The summed E-state index contributed by atoms with van der Waals surface area (Å²) >= 11 is 6.44. The molecule has 0 unspecified atom stereocenters. The van der Waals surface area contributed by atoms with Gasteiger partial charge in [0.2, 0.25) is 11.8 Å². The van der Waals surface area contributed by atoms with Gasteiger partial charge in [0.25, 0.3) is 10.0 Å². The fourth-order valence-corrected chi connectivity index (χ4v) is 5.89. The van der Waals surface area contributed by atoms with Gasteiger partial charge in [-0.3, -0.25) is 13.9 Å². The molecule has 0 fully saturated rings. The van der Waals surface area contributed by atoms with Crippen molar-refractivity contribution < 1.29 is 22.7 Å². The Morgan fingerprint density at radius 3 is 2.29 bits per heavy atom. The van der Waals surface area contributed by atoms with E-state index in [9.17, 15) is 18.0 Å². The molecule has 0 aliphatic carbocycles. The zero-order valence-corrected chi connectivity index (χ0v) is 25.7. The van der Waals surface area contributed by atoms with Gasteiger partial charge in [0.1, 0.15) is 18.3 Å². The molecular weight excluding hydrogens is 562 g/mol. The molecule has 0 heterocycles. The maximum absolute atomic E-state index is 14.1. The topological polar surface area (TPSA) is 96.0 Å². The van der Waals surface area contributed by atoms with Crippen LogP contribution in [0, 0.1) is 12.8 Å². The van der Waals surface area contributed by atoms with E-state index < -0.39 is 28.5 Å². The Morgan fingerprint density at radius 1 is 1.00 bits per heavy atom. The average molecular weight is 600 g/mol. The van der Waals surface area contributed by atoms with Crippen LogP contribution in [0.1, 0.15) is 38.3 Å². The Hall–Kier alpha value is -3.56. The highest BCUT2D eigenvalue weighted by Gasteiger charge is 2.34. The lowest BCUT2D eigenvalue weighted by molar-refractivity contribution is -0.140. The average Bonchev–Trinajstić information content (AvgIpc) is 2.95. The summed E-state index contributed by atoms with van der Waals surface area (Å²) in [4.78, 5) is 28.9. The smallest absolute Gasteiger partial charge is 0.264 e. The molecule has 0 saturated carbocycles. The van der Waals surface area contributed by atoms with Gasteiger partial charge < -0.3 is 15.0 Å². The normalized spacial score (nSPS) is 12.1. The minimum absolute atomic E-state index is 0.0304. The summed E-state index contributed by atoms with van der Waals surface area (Å²) in [6.07, 6.45) is 0.323. The number of anilines is 1. The molecule has 0 aliphatic heterocycles. The lowest BCUT2D eigenvalue weighted by atomic mass is 10.1. The number of halogens is 1. The predicted octanol–water partition coefficient (Wildman–Crippen LogP) is 5.43. The maximum atomic E-state index is 14.1. The van der Waals surface area contributed by atoms with Crippen molar-refractivity contribution in [2.24, 2.45) is 5.92 Å². The van der Waals surface area contributed by atoms with Crippen molar-refractivity contribution in [2.75, 3.05) is 24.5 Å². The van der Waals surface area contributed by atoms with Crippen LogP contribution in [0.25, 0.3) is 0 Å². The van der Waals surface area contributed by atoms with Gasteiger partial charge in [-0.25, -0.2) is 8.42 Å². The number of carbonyl (C=O) groups is 2. The lowest BCUT2D eigenvalue weighted by Crippen LogP contribution is -2.52. The summed E-state index contributed by atoms with van der Waals surface area (Å²) in [5, 5.41) is 3.36. The first-order valence-corrected chi connectivity index (χ1v) is 15.3. The lowest BCUT2D eigenvalue weighted by Gasteiger charge is -2.33. The minimum Gasteiger partial charge on any atom is -0.497 e. The van der Waals surface area contributed by atoms with Gasteiger partial charge >= 0.3 is 0 Å². The number of aryl methyl sites for hydroxylation is 1. The highest BCUT2D eigenvalue weighted by molar-refractivity contribution is 7.92. The number of benzene rings is 3. The van der Waals surface area contributed by atoms with Gasteiger partial charge in [0, 0.05) is 24.2 Å². The molecule has 3 aromatic carbocycles. The Bertz CT molecular complexity index is 1440. The third kappa shape index (κ3) is 8.24. The number of ether oxygens (including phenoxy) is 1. The van der Waals surface area contributed by atoms with E-state index in [1.807, 2.05) is 27.7 Å². The molecule has 0 aliphatic rings. The quantitative estimate of drug-likeness (QED) is 0.283. The second-order valence-corrected chi connectivity index (χ2v) is 12.5. The number of rotatable bonds is 13. The molecule has 1 N–H and O–H groups in total. The SMILES string of the molecule is CC[C@@H](C(=O)NCC(C)C)N(Cc1ccccc1Cl)C(=O)CN(c1cccc(OC)c1)S(=O)(=O)c1ccc(C)cc1. The van der Waals surface area contributed by atoms with Crippen LogP contribution in [0.15, 0.2) is 77.7 Å². The number of nitrogens with zero attached hydrogens (tertiary/aromatic N) is 2. The van der Waals surface area contributed by atoms with E-state index in [-0.39, 0.29) is 29.0 Å². The van der Waals surface area contributed by atoms with Crippen molar-refractivity contribution in [3.63, 3.8) is 0 Å². The van der Waals surface area contributed by atoms with Gasteiger partial charge in [-0.15, -0.1) is 0 Å². The summed E-state index contributed by atoms with van der Waals surface area (Å²) in [7, 11) is -2.69. The minimum atomic E-state index is -4.18. The van der Waals surface area contributed by atoms with Crippen molar-refractivity contribution >= 4 is 39.1 Å². The molecule has 41 heavy (non-hydrogen) atoms. The van der Waals surface area contributed by atoms with Crippen LogP contribution in [0.5, 0.6) is 5.75 Å². The van der Waals surface area contributed by atoms with E-state index in [4.69, 9.17) is 16.3 Å². The van der Waals surface area contributed by atoms with Crippen molar-refractivity contribution in [2.45, 2.75) is 51.6 Å². The molecule has 3 aromatic rings. The van der Waals surface area contributed by atoms with E-state index in [1.165, 1.54) is 24.1 Å². The van der Waals surface area contributed by atoms with E-state index in [2.05, 4.69) is 5.32 Å². The number of hydrogen-bond donors (Lipinski definition) is 1. The molecule has 0 spiro atoms. The van der Waals surface area contributed by atoms with Crippen LogP contribution in [0.4, 0.5) is 5.69 Å². The standard InChI is InChI=1S/C31H38ClN3O5S/c1-6-29(31(37)33-19-22(2)3)34(20-24-10-7-8-13-28(24)32)30(36)21-35(25-11-9-12-26(18-25)40-5)41(38,39)27-16-14-23(4)15-17-27/h7-18,22,29H,6,19-21H2,1-5H3,(H,33,37)/t29-/m0/s1. The third-order valence-electron chi connectivity index (χ3n) is 6.60. The highest BCUT2D eigenvalue weighted by Crippen LogP contribution is 2.28. The number of hydrogen-bond acceptors (Lipinski definition) is 5. The number of nitrogens with one attached hydrogen (secondary N) is 1. The largest absolute Gasteiger partial charge is 0.497 e. The second-order valence-electron chi connectivity index (χ2n) is 10.2. The predicted molar refractivity (Wildman–Crippen MR) is 163 cm³/mol. The monoisotopic (exact) mass is 599 g/mol. The summed E-state index contributed by atoms with van der Waals surface area (Å²) < 4.78 is 34.3. The first kappa shape index (κ1) is 32.0. The first-order chi connectivity index (χ1) is 19.5.